The molecule has 1 aromatic carbocycles. The van der Waals surface area contributed by atoms with Crippen LogP contribution >= 0.6 is 12.6 Å². The lowest BCUT2D eigenvalue weighted by molar-refractivity contribution is 0.454. The van der Waals surface area contributed by atoms with Crippen molar-refractivity contribution >= 4 is 12.6 Å². The van der Waals surface area contributed by atoms with Gasteiger partial charge in [0.2, 0.25) is 0 Å². The second-order valence-electron chi connectivity index (χ2n) is 4.03. The zero-order chi connectivity index (χ0) is 10.1. The largest absolute Gasteiger partial charge is 0.508 e. The number of nitrogens with two attached hydrogens (primary N) is 1. The van der Waals surface area contributed by atoms with Gasteiger partial charge < -0.3 is 10.8 Å². The normalized spacial score (nSPS) is 18.1. The van der Waals surface area contributed by atoms with Gasteiger partial charge in [0.1, 0.15) is 5.75 Å². The van der Waals surface area contributed by atoms with Gasteiger partial charge in [0.15, 0.2) is 0 Å². The fourth-order valence-electron chi connectivity index (χ4n) is 1.69. The van der Waals surface area contributed by atoms with Gasteiger partial charge in [-0.3, -0.25) is 0 Å². The van der Waals surface area contributed by atoms with Crippen molar-refractivity contribution in [2.75, 3.05) is 0 Å². The van der Waals surface area contributed by atoms with Crippen LogP contribution in [0.4, 0.5) is 0 Å². The van der Waals surface area contributed by atoms with Crippen LogP contribution in [0.15, 0.2) is 23.1 Å². The highest BCUT2D eigenvalue weighted by molar-refractivity contribution is 7.80. The molecular formula is C11H15NOS. The lowest BCUT2D eigenvalue weighted by atomic mass is 10.0. The Morgan fingerprint density at radius 1 is 1.50 bits per heavy atom. The molecule has 1 aliphatic carbocycles. The van der Waals surface area contributed by atoms with Gasteiger partial charge in [-0.1, -0.05) is 18.9 Å². The molecular weight excluding hydrogens is 194 g/mol. The third-order valence-electron chi connectivity index (χ3n) is 2.70. The maximum atomic E-state index is 9.67. The molecule has 14 heavy (non-hydrogen) atoms. The molecule has 2 nitrogen and oxygen atoms in total. The van der Waals surface area contributed by atoms with Crippen LogP contribution in [-0.4, -0.2) is 5.11 Å². The van der Waals surface area contributed by atoms with E-state index < -0.39 is 0 Å². The van der Waals surface area contributed by atoms with Crippen molar-refractivity contribution in [3.63, 3.8) is 0 Å². The van der Waals surface area contributed by atoms with E-state index in [2.05, 4.69) is 12.6 Å². The van der Waals surface area contributed by atoms with E-state index in [1.807, 2.05) is 12.1 Å². The van der Waals surface area contributed by atoms with Crippen LogP contribution in [0.2, 0.25) is 0 Å². The molecule has 1 fully saturated rings. The molecule has 3 heteroatoms. The van der Waals surface area contributed by atoms with Gasteiger partial charge in [-0.2, -0.15) is 0 Å². The molecule has 0 aromatic heterocycles. The summed E-state index contributed by atoms with van der Waals surface area (Å²) in [6.07, 6.45) is 3.57. The lowest BCUT2D eigenvalue weighted by Gasteiger charge is -2.13. The van der Waals surface area contributed by atoms with Crippen LogP contribution in [0.3, 0.4) is 0 Å². The van der Waals surface area contributed by atoms with Gasteiger partial charge >= 0.3 is 0 Å². The average Bonchev–Trinajstić information content (AvgIpc) is 2.87. The molecule has 0 aliphatic heterocycles. The van der Waals surface area contributed by atoms with Crippen molar-refractivity contribution in [3.05, 3.63) is 23.8 Å². The van der Waals surface area contributed by atoms with Crippen LogP contribution in [0, 0.1) is 5.92 Å². The zero-order valence-electron chi connectivity index (χ0n) is 7.98. The summed E-state index contributed by atoms with van der Waals surface area (Å²) in [6, 6.07) is 5.34. The van der Waals surface area contributed by atoms with Crippen LogP contribution in [-0.2, 0) is 0 Å². The Bertz CT molecular complexity index is 336. The highest BCUT2D eigenvalue weighted by Gasteiger charge is 2.25. The summed E-state index contributed by atoms with van der Waals surface area (Å²) in [6.45, 7) is 0. The predicted octanol–water partition coefficient (Wildman–Crippen LogP) is 2.48. The number of phenols is 1. The Labute approximate surface area is 89.5 Å². The molecule has 1 saturated carbocycles. The molecule has 1 aliphatic rings. The van der Waals surface area contributed by atoms with Crippen LogP contribution in [0.1, 0.15) is 30.9 Å². The first-order chi connectivity index (χ1) is 6.66. The van der Waals surface area contributed by atoms with Crippen molar-refractivity contribution in [3.8, 4) is 5.75 Å². The van der Waals surface area contributed by atoms with E-state index in [-0.39, 0.29) is 11.8 Å². The first kappa shape index (κ1) is 9.87. The van der Waals surface area contributed by atoms with E-state index in [0.717, 1.165) is 22.8 Å². The smallest absolute Gasteiger partial charge is 0.121 e. The minimum absolute atomic E-state index is 0.0311. The van der Waals surface area contributed by atoms with Gasteiger partial charge in [0.25, 0.3) is 0 Å². The number of hydrogen-bond acceptors (Lipinski definition) is 3. The number of hydrogen-bond donors (Lipinski definition) is 3. The Kier molecular flexibility index (Phi) is 2.70. The summed E-state index contributed by atoms with van der Waals surface area (Å²) in [5, 5.41) is 9.67. The van der Waals surface area contributed by atoms with E-state index in [1.54, 1.807) is 6.07 Å². The monoisotopic (exact) mass is 209 g/mol. The van der Waals surface area contributed by atoms with Gasteiger partial charge in [-0.25, -0.2) is 0 Å². The fourth-order valence-corrected chi connectivity index (χ4v) is 1.88. The van der Waals surface area contributed by atoms with E-state index in [1.165, 1.54) is 12.8 Å². The maximum Gasteiger partial charge on any atom is 0.121 e. The van der Waals surface area contributed by atoms with E-state index >= 15 is 0 Å². The highest BCUT2D eigenvalue weighted by Crippen LogP contribution is 2.38. The first-order valence-corrected chi connectivity index (χ1v) is 5.39. The first-order valence-electron chi connectivity index (χ1n) is 4.94. The van der Waals surface area contributed by atoms with Crippen LogP contribution in [0.5, 0.6) is 5.75 Å². The molecule has 3 N–H and O–H groups in total. The fraction of sp³-hybridized carbons (Fsp3) is 0.455. The Balaban J connectivity index is 2.13. The van der Waals surface area contributed by atoms with Crippen molar-refractivity contribution in [1.82, 2.24) is 0 Å². The molecule has 0 saturated heterocycles. The average molecular weight is 209 g/mol. The Hall–Kier alpha value is -0.670. The number of thiol groups is 1. The molecule has 1 aromatic rings. The Morgan fingerprint density at radius 3 is 2.79 bits per heavy atom. The summed E-state index contributed by atoms with van der Waals surface area (Å²) in [4.78, 5) is 0.768. The van der Waals surface area contributed by atoms with Crippen molar-refractivity contribution < 1.29 is 5.11 Å². The quantitative estimate of drug-likeness (QED) is 0.670. The molecule has 0 heterocycles. The molecule has 2 rings (SSSR count). The summed E-state index contributed by atoms with van der Waals surface area (Å²) in [7, 11) is 0. The SMILES string of the molecule is N[C@H](CC1CC1)c1ccc(S)cc1O. The molecule has 1 atom stereocenters. The van der Waals surface area contributed by atoms with E-state index in [4.69, 9.17) is 5.73 Å². The molecule has 76 valence electrons. The van der Waals surface area contributed by atoms with Crippen molar-refractivity contribution in [1.29, 1.82) is 0 Å². The highest BCUT2D eigenvalue weighted by atomic mass is 32.1. The Morgan fingerprint density at radius 2 is 2.21 bits per heavy atom. The molecule has 0 radical (unpaired) electrons. The maximum absolute atomic E-state index is 9.67. The van der Waals surface area contributed by atoms with Crippen LogP contribution < -0.4 is 5.73 Å². The predicted molar refractivity (Wildman–Crippen MR) is 59.6 cm³/mol. The third-order valence-corrected chi connectivity index (χ3v) is 2.98. The topological polar surface area (TPSA) is 46.2 Å². The lowest BCUT2D eigenvalue weighted by Crippen LogP contribution is -2.11. The zero-order valence-corrected chi connectivity index (χ0v) is 8.87. The summed E-state index contributed by atoms with van der Waals surface area (Å²) < 4.78 is 0. The summed E-state index contributed by atoms with van der Waals surface area (Å²) in [5.41, 5.74) is 6.84. The minimum atomic E-state index is -0.0311. The standard InChI is InChI=1S/C11H15NOS/c12-10(5-7-1-2-7)9-4-3-8(14)6-11(9)13/h3-4,6-7,10,13-14H,1-2,5,12H2/t10-/m1/s1. The molecule has 0 bridgehead atoms. The molecule has 0 amide bonds. The molecule has 0 spiro atoms. The minimum Gasteiger partial charge on any atom is -0.508 e. The number of rotatable bonds is 3. The number of aromatic hydroxyl groups is 1. The van der Waals surface area contributed by atoms with E-state index in [9.17, 15) is 5.11 Å². The second-order valence-corrected chi connectivity index (χ2v) is 4.55. The summed E-state index contributed by atoms with van der Waals surface area (Å²) >= 11 is 4.15. The van der Waals surface area contributed by atoms with Crippen LogP contribution in [0.25, 0.3) is 0 Å². The third kappa shape index (κ3) is 2.22. The number of phenolic OH excluding ortho intramolecular Hbond substituents is 1. The van der Waals surface area contributed by atoms with Gasteiger partial charge in [-0.05, 0) is 24.5 Å². The van der Waals surface area contributed by atoms with Crippen molar-refractivity contribution in [2.24, 2.45) is 11.7 Å². The van der Waals surface area contributed by atoms with E-state index in [0.29, 0.717) is 0 Å². The number of benzene rings is 1. The molecule has 0 unspecified atom stereocenters. The van der Waals surface area contributed by atoms with Gasteiger partial charge in [-0.15, -0.1) is 12.6 Å². The van der Waals surface area contributed by atoms with Gasteiger partial charge in [0, 0.05) is 16.5 Å². The summed E-state index contributed by atoms with van der Waals surface area (Å²) in [5.74, 6) is 1.05. The van der Waals surface area contributed by atoms with Crippen molar-refractivity contribution in [2.45, 2.75) is 30.2 Å². The second kappa shape index (κ2) is 3.83. The van der Waals surface area contributed by atoms with Gasteiger partial charge in [0.05, 0.1) is 0 Å².